The number of aryl methyl sites for hydroxylation is 2. The van der Waals surface area contributed by atoms with Gasteiger partial charge in [0.1, 0.15) is 6.29 Å². The van der Waals surface area contributed by atoms with Gasteiger partial charge in [-0.05, 0) is 57.0 Å². The molecule has 1 heterocycles. The van der Waals surface area contributed by atoms with Crippen molar-refractivity contribution in [2.24, 2.45) is 0 Å². The molecular weight excluding hydrogens is 212 g/mol. The Morgan fingerprint density at radius 2 is 1.88 bits per heavy atom. The highest BCUT2D eigenvalue weighted by atomic mass is 16.1. The third-order valence-corrected chi connectivity index (χ3v) is 3.28. The van der Waals surface area contributed by atoms with Crippen LogP contribution in [0.5, 0.6) is 0 Å². The van der Waals surface area contributed by atoms with Crippen LogP contribution < -0.4 is 0 Å². The van der Waals surface area contributed by atoms with Crippen LogP contribution in [-0.2, 0) is 0 Å². The summed E-state index contributed by atoms with van der Waals surface area (Å²) in [6.07, 6.45) is 0.881. The van der Waals surface area contributed by atoms with Crippen molar-refractivity contribution < 1.29 is 4.79 Å². The van der Waals surface area contributed by atoms with Crippen molar-refractivity contribution >= 4 is 6.29 Å². The normalized spacial score (nSPS) is 10.6. The Bertz CT molecular complexity index is 582. The fraction of sp³-hybridized carbons (Fsp3) is 0.286. The zero-order valence-corrected chi connectivity index (χ0v) is 10.6. The lowest BCUT2D eigenvalue weighted by molar-refractivity contribution is 0.112. The van der Waals surface area contributed by atoms with Crippen LogP contribution in [0, 0.1) is 27.7 Å². The van der Waals surface area contributed by atoms with Crippen LogP contribution in [0.3, 0.4) is 0 Å². The molecule has 0 saturated carbocycles. The van der Waals surface area contributed by atoms with Crippen LogP contribution in [0.2, 0.25) is 0 Å². The molecule has 0 saturated heterocycles. The third-order valence-electron chi connectivity index (χ3n) is 3.28. The molecule has 0 spiro atoms. The Labute approximate surface area is 101 Å². The average molecular weight is 228 g/mol. The molecule has 0 unspecified atom stereocenters. The van der Waals surface area contributed by atoms with Gasteiger partial charge in [0.05, 0.1) is 11.4 Å². The van der Waals surface area contributed by atoms with Crippen molar-refractivity contribution in [3.05, 3.63) is 46.3 Å². The zero-order chi connectivity index (χ0) is 12.6. The zero-order valence-electron chi connectivity index (χ0n) is 10.6. The monoisotopic (exact) mass is 228 g/mol. The summed E-state index contributed by atoms with van der Waals surface area (Å²) in [5.74, 6) is 0. The van der Waals surface area contributed by atoms with Crippen LogP contribution in [0.15, 0.2) is 18.2 Å². The number of carbonyl (C=O) groups is 1. The van der Waals surface area contributed by atoms with Crippen LogP contribution >= 0.6 is 0 Å². The van der Waals surface area contributed by atoms with E-state index < -0.39 is 0 Å². The smallest absolute Gasteiger partial charge is 0.150 e. The summed E-state index contributed by atoms with van der Waals surface area (Å²) >= 11 is 0. The van der Waals surface area contributed by atoms with E-state index in [1.807, 2.05) is 36.7 Å². The molecule has 2 aromatic rings. The SMILES string of the molecule is Cc1cc(-n2nc(C)c(C)c2C)ccc1C=O. The molecule has 0 atom stereocenters. The number of aromatic nitrogens is 2. The van der Waals surface area contributed by atoms with Crippen LogP contribution in [0.4, 0.5) is 0 Å². The molecule has 3 heteroatoms. The number of benzene rings is 1. The number of hydrogen-bond donors (Lipinski definition) is 0. The Morgan fingerprint density at radius 1 is 1.18 bits per heavy atom. The van der Waals surface area contributed by atoms with Gasteiger partial charge in [-0.25, -0.2) is 4.68 Å². The van der Waals surface area contributed by atoms with Crippen molar-refractivity contribution in [2.75, 3.05) is 0 Å². The van der Waals surface area contributed by atoms with Gasteiger partial charge in [-0.3, -0.25) is 4.79 Å². The van der Waals surface area contributed by atoms with Crippen molar-refractivity contribution in [1.82, 2.24) is 9.78 Å². The van der Waals surface area contributed by atoms with E-state index in [1.54, 1.807) is 0 Å². The van der Waals surface area contributed by atoms with E-state index >= 15 is 0 Å². The van der Waals surface area contributed by atoms with Crippen molar-refractivity contribution in [2.45, 2.75) is 27.7 Å². The summed E-state index contributed by atoms with van der Waals surface area (Å²) in [4.78, 5) is 10.8. The molecule has 1 aromatic heterocycles. The molecule has 2 rings (SSSR count). The standard InChI is InChI=1S/C14H16N2O/c1-9-7-14(6-5-13(9)8-17)16-12(4)10(2)11(3)15-16/h5-8H,1-4H3. The summed E-state index contributed by atoms with van der Waals surface area (Å²) in [5.41, 5.74) is 6.10. The lowest BCUT2D eigenvalue weighted by Gasteiger charge is -2.07. The highest BCUT2D eigenvalue weighted by Crippen LogP contribution is 2.18. The van der Waals surface area contributed by atoms with Gasteiger partial charge in [0.25, 0.3) is 0 Å². The molecule has 0 radical (unpaired) electrons. The van der Waals surface area contributed by atoms with Crippen LogP contribution in [0.25, 0.3) is 5.69 Å². The van der Waals surface area contributed by atoms with Gasteiger partial charge in [-0.2, -0.15) is 5.10 Å². The third kappa shape index (κ3) is 1.88. The molecule has 0 aliphatic carbocycles. The molecule has 1 aromatic carbocycles. The predicted molar refractivity (Wildman–Crippen MR) is 67.9 cm³/mol. The maximum Gasteiger partial charge on any atom is 0.150 e. The second-order valence-electron chi connectivity index (χ2n) is 4.37. The van der Waals surface area contributed by atoms with Crippen LogP contribution in [0.1, 0.15) is 32.9 Å². The van der Waals surface area contributed by atoms with Gasteiger partial charge in [0, 0.05) is 11.3 Å². The molecule has 0 fully saturated rings. The Kier molecular flexibility index (Phi) is 2.84. The first kappa shape index (κ1) is 11.6. The molecule has 0 aliphatic heterocycles. The van der Waals surface area contributed by atoms with E-state index in [-0.39, 0.29) is 0 Å². The van der Waals surface area contributed by atoms with E-state index in [4.69, 9.17) is 0 Å². The molecule has 0 bridgehead atoms. The second kappa shape index (κ2) is 4.17. The molecule has 3 nitrogen and oxygen atoms in total. The topological polar surface area (TPSA) is 34.9 Å². The minimum atomic E-state index is 0.729. The predicted octanol–water partition coefficient (Wildman–Crippen LogP) is 2.92. The second-order valence-corrected chi connectivity index (χ2v) is 4.37. The van der Waals surface area contributed by atoms with Gasteiger partial charge in [0.2, 0.25) is 0 Å². The summed E-state index contributed by atoms with van der Waals surface area (Å²) in [6, 6.07) is 5.75. The number of aldehydes is 1. The lowest BCUT2D eigenvalue weighted by Crippen LogP contribution is -2.00. The molecule has 0 aliphatic rings. The molecule has 0 N–H and O–H groups in total. The number of carbonyl (C=O) groups excluding carboxylic acids is 1. The summed E-state index contributed by atoms with van der Waals surface area (Å²) in [5, 5.41) is 4.50. The first-order chi connectivity index (χ1) is 8.04. The maximum atomic E-state index is 10.8. The molecule has 88 valence electrons. The fourth-order valence-corrected chi connectivity index (χ4v) is 1.90. The molecular formula is C14H16N2O. The minimum Gasteiger partial charge on any atom is -0.298 e. The summed E-state index contributed by atoms with van der Waals surface area (Å²) < 4.78 is 1.92. The van der Waals surface area contributed by atoms with E-state index in [1.165, 1.54) is 5.56 Å². The summed E-state index contributed by atoms with van der Waals surface area (Å²) in [6.45, 7) is 8.07. The van der Waals surface area contributed by atoms with Crippen LogP contribution in [-0.4, -0.2) is 16.1 Å². The largest absolute Gasteiger partial charge is 0.298 e. The Morgan fingerprint density at radius 3 is 2.35 bits per heavy atom. The number of nitrogens with zero attached hydrogens (tertiary/aromatic N) is 2. The van der Waals surface area contributed by atoms with Gasteiger partial charge in [0.15, 0.2) is 0 Å². The highest BCUT2D eigenvalue weighted by Gasteiger charge is 2.09. The van der Waals surface area contributed by atoms with Crippen molar-refractivity contribution in [1.29, 1.82) is 0 Å². The molecule has 17 heavy (non-hydrogen) atoms. The molecule has 0 amide bonds. The first-order valence-corrected chi connectivity index (χ1v) is 5.63. The summed E-state index contributed by atoms with van der Waals surface area (Å²) in [7, 11) is 0. The van der Waals surface area contributed by atoms with Crippen molar-refractivity contribution in [3.8, 4) is 5.69 Å². The maximum absolute atomic E-state index is 10.8. The van der Waals surface area contributed by atoms with Crippen molar-refractivity contribution in [3.63, 3.8) is 0 Å². The minimum absolute atomic E-state index is 0.729. The fourth-order valence-electron chi connectivity index (χ4n) is 1.90. The highest BCUT2D eigenvalue weighted by molar-refractivity contribution is 5.77. The number of rotatable bonds is 2. The first-order valence-electron chi connectivity index (χ1n) is 5.63. The van der Waals surface area contributed by atoms with E-state index in [0.717, 1.165) is 34.5 Å². The Balaban J connectivity index is 2.57. The van der Waals surface area contributed by atoms with E-state index in [9.17, 15) is 4.79 Å². The van der Waals surface area contributed by atoms with Gasteiger partial charge in [-0.15, -0.1) is 0 Å². The average Bonchev–Trinajstić information content (AvgIpc) is 2.57. The van der Waals surface area contributed by atoms with Gasteiger partial charge >= 0.3 is 0 Å². The quantitative estimate of drug-likeness (QED) is 0.741. The lowest BCUT2D eigenvalue weighted by atomic mass is 10.1. The Hall–Kier alpha value is -1.90. The van der Waals surface area contributed by atoms with Gasteiger partial charge < -0.3 is 0 Å². The van der Waals surface area contributed by atoms with Gasteiger partial charge in [-0.1, -0.05) is 0 Å². The van der Waals surface area contributed by atoms with E-state index in [0.29, 0.717) is 0 Å². The number of hydrogen-bond acceptors (Lipinski definition) is 2. The van der Waals surface area contributed by atoms with E-state index in [2.05, 4.69) is 18.9 Å².